The molecule has 0 N–H and O–H groups in total. The number of piperidine rings is 1. The molecule has 0 atom stereocenters. The summed E-state index contributed by atoms with van der Waals surface area (Å²) >= 11 is 0. The Morgan fingerprint density at radius 2 is 1.66 bits per heavy atom. The second-order valence-electron chi connectivity index (χ2n) is 9.59. The summed E-state index contributed by atoms with van der Waals surface area (Å²) in [6, 6.07) is 5.21. The average Bonchev–Trinajstić information content (AvgIpc) is 3.47. The van der Waals surface area contributed by atoms with Crippen molar-refractivity contribution in [3.05, 3.63) is 30.1 Å². The monoisotopic (exact) mass is 482 g/mol. The van der Waals surface area contributed by atoms with Gasteiger partial charge in [-0.25, -0.2) is 4.68 Å². The second-order valence-corrected chi connectivity index (χ2v) is 9.59. The van der Waals surface area contributed by atoms with Crippen LogP contribution in [0.4, 0.5) is 0 Å². The fraction of sp³-hybridized carbons (Fsp3) is 0.583. The minimum atomic E-state index is -0.0719. The molecular weight excluding hydrogens is 452 g/mol. The van der Waals surface area contributed by atoms with Crippen molar-refractivity contribution in [2.24, 2.45) is 5.41 Å². The molecule has 11 heteroatoms. The third-order valence-electron chi connectivity index (χ3n) is 7.29. The third kappa shape index (κ3) is 5.28. The van der Waals surface area contributed by atoms with Crippen LogP contribution in [0.2, 0.25) is 0 Å². The first-order valence-corrected chi connectivity index (χ1v) is 12.2. The van der Waals surface area contributed by atoms with Crippen molar-refractivity contribution >= 4 is 17.6 Å². The molecule has 0 bridgehead atoms. The smallest absolute Gasteiger partial charge is 0.244 e. The van der Waals surface area contributed by atoms with Gasteiger partial charge < -0.3 is 19.3 Å². The molecule has 1 aromatic heterocycles. The number of ether oxygens (including phenoxy) is 2. The van der Waals surface area contributed by atoms with E-state index in [9.17, 15) is 14.4 Å². The van der Waals surface area contributed by atoms with Crippen LogP contribution in [-0.4, -0.2) is 87.0 Å². The van der Waals surface area contributed by atoms with Gasteiger partial charge in [-0.05, 0) is 53.3 Å². The van der Waals surface area contributed by atoms with E-state index in [-0.39, 0.29) is 42.4 Å². The number of hydrogen-bond acceptors (Lipinski definition) is 8. The first-order valence-electron chi connectivity index (χ1n) is 12.2. The Bertz CT molecular complexity index is 1080. The van der Waals surface area contributed by atoms with Crippen molar-refractivity contribution in [3.63, 3.8) is 0 Å². The molecule has 2 amide bonds. The lowest BCUT2D eigenvalue weighted by atomic mass is 9.78. The number of likely N-dealkylation sites (tertiary alicyclic amines) is 2. The van der Waals surface area contributed by atoms with Crippen molar-refractivity contribution in [2.45, 2.75) is 45.1 Å². The minimum absolute atomic E-state index is 0.00588. The Hall–Kier alpha value is -3.50. The highest BCUT2D eigenvalue weighted by molar-refractivity contribution is 5.98. The van der Waals surface area contributed by atoms with E-state index in [1.165, 1.54) is 11.0 Å². The van der Waals surface area contributed by atoms with Gasteiger partial charge >= 0.3 is 0 Å². The van der Waals surface area contributed by atoms with Gasteiger partial charge in [-0.15, -0.1) is 5.10 Å². The molecule has 0 saturated carbocycles. The maximum absolute atomic E-state index is 12.9. The number of rotatable bonds is 6. The second kappa shape index (κ2) is 10.0. The van der Waals surface area contributed by atoms with Crippen molar-refractivity contribution in [1.29, 1.82) is 0 Å². The van der Waals surface area contributed by atoms with E-state index in [0.717, 1.165) is 25.7 Å². The average molecular weight is 483 g/mol. The van der Waals surface area contributed by atoms with Crippen molar-refractivity contribution < 1.29 is 23.9 Å². The fourth-order valence-electron chi connectivity index (χ4n) is 5.14. The summed E-state index contributed by atoms with van der Waals surface area (Å²) < 4.78 is 12.7. The van der Waals surface area contributed by atoms with Gasteiger partial charge in [-0.3, -0.25) is 14.4 Å². The molecule has 3 aliphatic heterocycles. The molecule has 2 fully saturated rings. The Morgan fingerprint density at radius 3 is 2.40 bits per heavy atom. The zero-order chi connectivity index (χ0) is 24.3. The number of carbonyl (C=O) groups is 3. The Kier molecular flexibility index (Phi) is 6.65. The largest absolute Gasteiger partial charge is 0.490 e. The Labute approximate surface area is 203 Å². The van der Waals surface area contributed by atoms with Crippen LogP contribution in [0.3, 0.4) is 0 Å². The van der Waals surface area contributed by atoms with Gasteiger partial charge in [0.1, 0.15) is 12.9 Å². The fourth-order valence-corrected chi connectivity index (χ4v) is 5.14. The van der Waals surface area contributed by atoms with Crippen LogP contribution in [0, 0.1) is 5.41 Å². The van der Waals surface area contributed by atoms with Crippen LogP contribution < -0.4 is 9.47 Å². The predicted octanol–water partition coefficient (Wildman–Crippen LogP) is 1.34. The summed E-state index contributed by atoms with van der Waals surface area (Å²) in [5.41, 5.74) is 0.596. The lowest BCUT2D eigenvalue weighted by Gasteiger charge is -2.39. The Balaban J connectivity index is 1.09. The molecule has 4 heterocycles. The number of Topliss-reactive ketones (excluding diaryl/α,β-unsaturated/α-hetero) is 1. The zero-order valence-corrected chi connectivity index (χ0v) is 19.7. The number of aromatic nitrogens is 4. The van der Waals surface area contributed by atoms with E-state index in [0.29, 0.717) is 56.5 Å². The summed E-state index contributed by atoms with van der Waals surface area (Å²) in [5.74, 6) is 1.19. The van der Waals surface area contributed by atoms with Gasteiger partial charge in [0.05, 0.1) is 13.2 Å². The van der Waals surface area contributed by atoms with Crippen molar-refractivity contribution in [3.8, 4) is 11.5 Å². The summed E-state index contributed by atoms with van der Waals surface area (Å²) in [5, 5.41) is 10.9. The number of hydrogen-bond donors (Lipinski definition) is 0. The number of nitrogens with zero attached hydrogens (tertiary/aromatic N) is 6. The lowest BCUT2D eigenvalue weighted by molar-refractivity contribution is -0.135. The predicted molar refractivity (Wildman–Crippen MR) is 123 cm³/mol. The lowest BCUT2D eigenvalue weighted by Crippen LogP contribution is -2.45. The van der Waals surface area contributed by atoms with Gasteiger partial charge in [0.25, 0.3) is 0 Å². The van der Waals surface area contributed by atoms with Crippen molar-refractivity contribution in [2.75, 3.05) is 39.4 Å². The quantitative estimate of drug-likeness (QED) is 0.566. The first kappa shape index (κ1) is 23.3. The van der Waals surface area contributed by atoms with Gasteiger partial charge in [0, 0.05) is 51.0 Å². The van der Waals surface area contributed by atoms with Gasteiger partial charge in [-0.2, -0.15) is 0 Å². The van der Waals surface area contributed by atoms with E-state index < -0.39 is 0 Å². The standard InChI is InChI=1S/C24H30N6O5/c31-19(18-2-4-20-21(14-18)35-13-1-12-34-20)3-5-22(32)29-11-8-24(16-29)6-9-28(10-7-24)23(33)15-30-17-25-26-27-30/h2,4,14,17H,1,3,5-13,15-16H2. The van der Waals surface area contributed by atoms with Crippen molar-refractivity contribution in [1.82, 2.24) is 30.0 Å². The van der Waals surface area contributed by atoms with Crippen LogP contribution in [0.25, 0.3) is 0 Å². The van der Waals surface area contributed by atoms with E-state index in [2.05, 4.69) is 15.5 Å². The molecule has 0 unspecified atom stereocenters. The van der Waals surface area contributed by atoms with Crippen LogP contribution in [0.15, 0.2) is 24.5 Å². The highest BCUT2D eigenvalue weighted by Crippen LogP contribution is 2.40. The number of ketones is 1. The van der Waals surface area contributed by atoms with Crippen LogP contribution in [0.1, 0.15) is 48.9 Å². The Morgan fingerprint density at radius 1 is 0.914 bits per heavy atom. The SMILES string of the molecule is O=C(CCC(=O)N1CCC2(CCN(C(=O)Cn3cnnn3)CC2)C1)c1ccc2c(c1)OCCCO2. The third-order valence-corrected chi connectivity index (χ3v) is 7.29. The summed E-state index contributed by atoms with van der Waals surface area (Å²) in [6.45, 7) is 4.04. The molecule has 1 spiro atoms. The maximum atomic E-state index is 12.9. The van der Waals surface area contributed by atoms with E-state index >= 15 is 0 Å². The number of benzene rings is 1. The molecule has 0 radical (unpaired) electrons. The molecule has 186 valence electrons. The molecule has 1 aromatic carbocycles. The molecule has 2 aromatic rings. The number of tetrazole rings is 1. The van der Waals surface area contributed by atoms with E-state index in [1.54, 1.807) is 18.2 Å². The molecule has 5 rings (SSSR count). The van der Waals surface area contributed by atoms with Gasteiger partial charge in [0.15, 0.2) is 17.3 Å². The molecule has 2 saturated heterocycles. The molecule has 0 aliphatic carbocycles. The number of carbonyl (C=O) groups excluding carboxylic acids is 3. The topological polar surface area (TPSA) is 120 Å². The molecule has 35 heavy (non-hydrogen) atoms. The maximum Gasteiger partial charge on any atom is 0.244 e. The highest BCUT2D eigenvalue weighted by Gasteiger charge is 2.42. The summed E-state index contributed by atoms with van der Waals surface area (Å²) in [6.07, 6.45) is 5.27. The van der Waals surface area contributed by atoms with Crippen LogP contribution in [-0.2, 0) is 16.1 Å². The normalized spacial score (nSPS) is 19.0. The van der Waals surface area contributed by atoms with Crippen LogP contribution in [0.5, 0.6) is 11.5 Å². The number of amides is 2. The summed E-state index contributed by atoms with van der Waals surface area (Å²) in [7, 11) is 0. The number of fused-ring (bicyclic) bond motifs is 1. The highest BCUT2D eigenvalue weighted by atomic mass is 16.5. The molecule has 3 aliphatic rings. The molecule has 11 nitrogen and oxygen atoms in total. The minimum Gasteiger partial charge on any atom is -0.490 e. The van der Waals surface area contributed by atoms with E-state index in [1.807, 2.05) is 9.80 Å². The zero-order valence-electron chi connectivity index (χ0n) is 19.7. The molecular formula is C24H30N6O5. The van der Waals surface area contributed by atoms with Crippen LogP contribution >= 0.6 is 0 Å². The van der Waals surface area contributed by atoms with E-state index in [4.69, 9.17) is 9.47 Å². The van der Waals surface area contributed by atoms with Gasteiger partial charge in [0.2, 0.25) is 11.8 Å². The van der Waals surface area contributed by atoms with Gasteiger partial charge in [-0.1, -0.05) is 0 Å². The first-order chi connectivity index (χ1) is 17.0. The summed E-state index contributed by atoms with van der Waals surface area (Å²) in [4.78, 5) is 41.8.